The minimum Gasteiger partial charge on any atom is -0.481 e. The molecular formula is C46H64ClNO6. The zero-order valence-corrected chi connectivity index (χ0v) is 35.1. The molecule has 0 aromatic heterocycles. The molecule has 5 aliphatic carbocycles. The van der Waals surface area contributed by atoms with Crippen molar-refractivity contribution >= 4 is 35.2 Å². The van der Waals surface area contributed by atoms with E-state index in [0.29, 0.717) is 23.3 Å². The number of carboxylic acids is 1. The van der Waals surface area contributed by atoms with Crippen molar-refractivity contribution in [1.29, 1.82) is 0 Å². The summed E-state index contributed by atoms with van der Waals surface area (Å²) >= 11 is 6.44. The zero-order valence-electron chi connectivity index (χ0n) is 34.4. The summed E-state index contributed by atoms with van der Waals surface area (Å²) < 4.78 is 6.16. The maximum absolute atomic E-state index is 14.0. The van der Waals surface area contributed by atoms with Crippen molar-refractivity contribution in [2.75, 3.05) is 0 Å². The molecule has 4 fully saturated rings. The summed E-state index contributed by atoms with van der Waals surface area (Å²) in [5.74, 6) is -0.151. The molecule has 54 heavy (non-hydrogen) atoms. The van der Waals surface area contributed by atoms with E-state index in [0.717, 1.165) is 62.5 Å². The van der Waals surface area contributed by atoms with Gasteiger partial charge in [0.25, 0.3) is 0 Å². The number of benzene rings is 1. The van der Waals surface area contributed by atoms with Crippen molar-refractivity contribution in [1.82, 2.24) is 5.32 Å². The van der Waals surface area contributed by atoms with Gasteiger partial charge in [-0.25, -0.2) is 0 Å². The van der Waals surface area contributed by atoms with E-state index in [1.165, 1.54) is 5.57 Å². The molecule has 7 nitrogen and oxygen atoms in total. The first kappa shape index (κ1) is 40.7. The number of fused-ring (bicyclic) bond motifs is 7. The first-order valence-electron chi connectivity index (χ1n) is 20.5. The quantitative estimate of drug-likeness (QED) is 0.192. The molecule has 1 aromatic rings. The van der Waals surface area contributed by atoms with E-state index in [4.69, 9.17) is 16.3 Å². The molecule has 4 saturated carbocycles. The number of carbonyl (C=O) groups is 4. The van der Waals surface area contributed by atoms with Crippen LogP contribution in [0.1, 0.15) is 145 Å². The van der Waals surface area contributed by atoms with Crippen LogP contribution in [0.25, 0.3) is 0 Å². The SMILES string of the molecule is CC(C)C1=C2[C@H]3CC[C@@H]4[C@@]5(C)CC[C@H](OC(=O)CC(C)(C)C(=O)O)C(C)(C)[C@@H]5CC[C@@]4(C)[C@]3(C)CC[C@@]2(C=CC(=O)N[C@@H](C)c2ccccc2Cl)CC1=O. The van der Waals surface area contributed by atoms with E-state index < -0.39 is 22.8 Å². The van der Waals surface area contributed by atoms with Gasteiger partial charge in [-0.1, -0.05) is 84.3 Å². The predicted molar refractivity (Wildman–Crippen MR) is 212 cm³/mol. The Labute approximate surface area is 328 Å². The third kappa shape index (κ3) is 6.40. The normalized spacial score (nSPS) is 36.6. The number of amides is 1. The zero-order chi connectivity index (χ0) is 39.8. The average molecular weight is 762 g/mol. The number of Topliss-reactive ketones (excluding diaryl/α,β-unsaturated/α-hetero) is 1. The molecule has 296 valence electrons. The van der Waals surface area contributed by atoms with Crippen molar-refractivity contribution < 1.29 is 29.0 Å². The van der Waals surface area contributed by atoms with Crippen molar-refractivity contribution in [2.45, 2.75) is 146 Å². The first-order chi connectivity index (χ1) is 25.0. The Kier molecular flexibility index (Phi) is 10.5. The van der Waals surface area contributed by atoms with Crippen molar-refractivity contribution in [2.24, 2.45) is 56.2 Å². The lowest BCUT2D eigenvalue weighted by molar-refractivity contribution is -0.232. The Morgan fingerprint density at radius 1 is 0.944 bits per heavy atom. The van der Waals surface area contributed by atoms with Gasteiger partial charge in [-0.15, -0.1) is 0 Å². The fraction of sp³-hybridized carbons (Fsp3) is 0.696. The number of hydrogen-bond donors (Lipinski definition) is 2. The van der Waals surface area contributed by atoms with Crippen molar-refractivity contribution in [3.8, 4) is 0 Å². The van der Waals surface area contributed by atoms with Crippen LogP contribution in [0.4, 0.5) is 0 Å². The Balaban J connectivity index is 1.27. The third-order valence-electron chi connectivity index (χ3n) is 16.1. The average Bonchev–Trinajstić information content (AvgIpc) is 3.37. The molecule has 1 amide bonds. The number of halogens is 1. The number of allylic oxidation sites excluding steroid dienone is 3. The molecule has 1 aromatic carbocycles. The number of aliphatic carboxylic acids is 1. The first-order valence-corrected chi connectivity index (χ1v) is 20.9. The van der Waals surface area contributed by atoms with E-state index in [2.05, 4.69) is 59.9 Å². The van der Waals surface area contributed by atoms with Crippen LogP contribution in [-0.2, 0) is 23.9 Å². The highest BCUT2D eigenvalue weighted by atomic mass is 35.5. The largest absolute Gasteiger partial charge is 0.481 e. The minimum atomic E-state index is -1.17. The Morgan fingerprint density at radius 3 is 2.28 bits per heavy atom. The molecule has 2 N–H and O–H groups in total. The van der Waals surface area contributed by atoms with Gasteiger partial charge >= 0.3 is 11.9 Å². The van der Waals surface area contributed by atoms with Crippen LogP contribution >= 0.6 is 11.6 Å². The van der Waals surface area contributed by atoms with Crippen LogP contribution in [-0.4, -0.2) is 34.8 Å². The molecule has 6 rings (SSSR count). The molecule has 8 heteroatoms. The second-order valence-electron chi connectivity index (χ2n) is 20.1. The second-order valence-corrected chi connectivity index (χ2v) is 20.5. The molecule has 9 atom stereocenters. The highest BCUT2D eigenvalue weighted by Crippen LogP contribution is 2.77. The second kappa shape index (κ2) is 13.9. The number of ether oxygens (including phenoxy) is 1. The number of rotatable bonds is 9. The van der Waals surface area contributed by atoms with Gasteiger partial charge in [0.1, 0.15) is 6.10 Å². The molecular weight excluding hydrogens is 698 g/mol. The standard InChI is InChI=1S/C46H64ClNO6/c1-27(2)38-32(49)25-46(22-19-36(50)48-28(3)29-13-11-12-14-31(29)47)24-23-44(9)30(39(38)46)15-16-34-43(8)20-18-35(54-37(51)26-41(4,5)40(52)53)42(6,7)33(43)17-21-45(34,44)10/h11-14,19,22,27-28,30,33-35H,15-18,20-21,23-26H2,1-10H3,(H,48,50)(H,52,53)/t28-,30+,33-,34+,35-,43-,44+,45+,46-/m0/s1. The number of carboxylic acid groups (broad SMARTS) is 1. The van der Waals surface area contributed by atoms with Crippen LogP contribution < -0.4 is 5.32 Å². The minimum absolute atomic E-state index is 0.0158. The van der Waals surface area contributed by atoms with Crippen LogP contribution in [0.2, 0.25) is 5.02 Å². The molecule has 5 aliphatic rings. The van der Waals surface area contributed by atoms with Crippen LogP contribution in [0, 0.1) is 56.2 Å². The maximum atomic E-state index is 14.0. The molecule has 0 saturated heterocycles. The molecule has 0 spiro atoms. The van der Waals surface area contributed by atoms with Crippen LogP contribution in [0.5, 0.6) is 0 Å². The van der Waals surface area contributed by atoms with E-state index in [-0.39, 0.29) is 63.8 Å². The van der Waals surface area contributed by atoms with Gasteiger partial charge in [0.15, 0.2) is 5.78 Å². The van der Waals surface area contributed by atoms with Gasteiger partial charge in [-0.05, 0) is 141 Å². The molecule has 0 unspecified atom stereocenters. The summed E-state index contributed by atoms with van der Waals surface area (Å²) in [7, 11) is 0. The van der Waals surface area contributed by atoms with E-state index in [1.807, 2.05) is 31.2 Å². The molecule has 0 aliphatic heterocycles. The van der Waals surface area contributed by atoms with Crippen molar-refractivity contribution in [3.63, 3.8) is 0 Å². The number of hydrogen-bond acceptors (Lipinski definition) is 5. The number of carbonyl (C=O) groups excluding carboxylic acids is 3. The van der Waals surface area contributed by atoms with E-state index in [1.54, 1.807) is 19.9 Å². The summed E-state index contributed by atoms with van der Waals surface area (Å²) in [4.78, 5) is 52.3. The highest BCUT2D eigenvalue weighted by molar-refractivity contribution is 6.31. The lowest BCUT2D eigenvalue weighted by atomic mass is 9.33. The van der Waals surface area contributed by atoms with Gasteiger partial charge in [0, 0.05) is 22.3 Å². The molecule has 0 bridgehead atoms. The third-order valence-corrected chi connectivity index (χ3v) is 16.5. The fourth-order valence-electron chi connectivity index (χ4n) is 13.1. The van der Waals surface area contributed by atoms with Gasteiger partial charge in [0.05, 0.1) is 17.9 Å². The Bertz CT molecular complexity index is 1770. The summed E-state index contributed by atoms with van der Waals surface area (Å²) in [5.41, 5.74) is 1.39. The summed E-state index contributed by atoms with van der Waals surface area (Å²) in [5, 5.41) is 13.3. The lowest BCUT2D eigenvalue weighted by Crippen LogP contribution is -2.65. The van der Waals surface area contributed by atoms with Gasteiger partial charge in [-0.2, -0.15) is 0 Å². The van der Waals surface area contributed by atoms with E-state index >= 15 is 0 Å². The van der Waals surface area contributed by atoms with Gasteiger partial charge in [0.2, 0.25) is 5.91 Å². The predicted octanol–water partition coefficient (Wildman–Crippen LogP) is 10.5. The Hall–Kier alpha value is -2.93. The van der Waals surface area contributed by atoms with Crippen molar-refractivity contribution in [3.05, 3.63) is 58.1 Å². The number of nitrogens with one attached hydrogen (secondary N) is 1. The smallest absolute Gasteiger partial charge is 0.309 e. The number of esters is 1. The summed E-state index contributed by atoms with van der Waals surface area (Å²) in [6.07, 6.45) is 11.6. The van der Waals surface area contributed by atoms with Crippen LogP contribution in [0.15, 0.2) is 47.6 Å². The fourth-order valence-corrected chi connectivity index (χ4v) is 13.4. The monoisotopic (exact) mass is 761 g/mol. The maximum Gasteiger partial charge on any atom is 0.309 e. The lowest BCUT2D eigenvalue weighted by Gasteiger charge is -2.72. The Morgan fingerprint density at radius 2 is 1.63 bits per heavy atom. The van der Waals surface area contributed by atoms with Gasteiger partial charge in [-0.3, -0.25) is 19.2 Å². The topological polar surface area (TPSA) is 110 Å². The van der Waals surface area contributed by atoms with Gasteiger partial charge < -0.3 is 15.2 Å². The molecule has 0 heterocycles. The highest BCUT2D eigenvalue weighted by Gasteiger charge is 2.70. The van der Waals surface area contributed by atoms with Crippen LogP contribution in [0.3, 0.4) is 0 Å². The number of ketones is 1. The summed E-state index contributed by atoms with van der Waals surface area (Å²) in [6.45, 7) is 21.5. The molecule has 0 radical (unpaired) electrons. The summed E-state index contributed by atoms with van der Waals surface area (Å²) in [6, 6.07) is 7.32. The van der Waals surface area contributed by atoms with E-state index in [9.17, 15) is 24.3 Å².